The Morgan fingerprint density at radius 1 is 1.29 bits per heavy atom. The van der Waals surface area contributed by atoms with E-state index in [1.54, 1.807) is 6.07 Å². The van der Waals surface area contributed by atoms with Crippen molar-refractivity contribution in [3.05, 3.63) is 53.6 Å². The van der Waals surface area contributed by atoms with Crippen molar-refractivity contribution in [2.75, 3.05) is 5.73 Å². The highest BCUT2D eigenvalue weighted by Crippen LogP contribution is 2.33. The van der Waals surface area contributed by atoms with E-state index in [1.807, 2.05) is 24.3 Å². The van der Waals surface area contributed by atoms with Gasteiger partial charge in [0.1, 0.15) is 11.5 Å². The van der Waals surface area contributed by atoms with Crippen molar-refractivity contribution < 1.29 is 14.6 Å². The van der Waals surface area contributed by atoms with Gasteiger partial charge in [0.2, 0.25) is 0 Å². The SMILES string of the molecule is CCC(C)c1ccccc1Oc1ccc(C(=O)O)c(N)c1. The molecule has 3 N–H and O–H groups in total. The van der Waals surface area contributed by atoms with Gasteiger partial charge in [0, 0.05) is 11.8 Å². The number of benzene rings is 2. The first kappa shape index (κ1) is 14.9. The maximum atomic E-state index is 11.0. The molecule has 1 atom stereocenters. The number of nitrogens with two attached hydrogens (primary N) is 1. The van der Waals surface area contributed by atoms with Crippen molar-refractivity contribution >= 4 is 11.7 Å². The molecule has 0 bridgehead atoms. The van der Waals surface area contributed by atoms with Crippen LogP contribution in [0.15, 0.2) is 42.5 Å². The van der Waals surface area contributed by atoms with Gasteiger partial charge in [-0.1, -0.05) is 32.0 Å². The zero-order chi connectivity index (χ0) is 15.4. The van der Waals surface area contributed by atoms with Crippen LogP contribution in [0.3, 0.4) is 0 Å². The van der Waals surface area contributed by atoms with Gasteiger partial charge in [0.25, 0.3) is 0 Å². The highest BCUT2D eigenvalue weighted by Gasteiger charge is 2.12. The molecule has 2 aromatic carbocycles. The van der Waals surface area contributed by atoms with Crippen LogP contribution in [0.2, 0.25) is 0 Å². The summed E-state index contributed by atoms with van der Waals surface area (Å²) >= 11 is 0. The Bertz CT molecular complexity index is 652. The summed E-state index contributed by atoms with van der Waals surface area (Å²) in [6.07, 6.45) is 1.01. The lowest BCUT2D eigenvalue weighted by Gasteiger charge is -2.15. The van der Waals surface area contributed by atoms with Crippen molar-refractivity contribution in [3.63, 3.8) is 0 Å². The summed E-state index contributed by atoms with van der Waals surface area (Å²) < 4.78 is 5.88. The molecule has 0 aliphatic rings. The Morgan fingerprint density at radius 2 is 2.00 bits per heavy atom. The largest absolute Gasteiger partial charge is 0.478 e. The van der Waals surface area contributed by atoms with E-state index in [0.29, 0.717) is 11.7 Å². The van der Waals surface area contributed by atoms with Gasteiger partial charge in [-0.05, 0) is 36.1 Å². The van der Waals surface area contributed by atoms with Crippen LogP contribution in [0, 0.1) is 0 Å². The van der Waals surface area contributed by atoms with Crippen LogP contribution >= 0.6 is 0 Å². The molecule has 110 valence electrons. The van der Waals surface area contributed by atoms with E-state index in [1.165, 1.54) is 12.1 Å². The van der Waals surface area contributed by atoms with Crippen molar-refractivity contribution in [2.45, 2.75) is 26.2 Å². The molecule has 21 heavy (non-hydrogen) atoms. The van der Waals surface area contributed by atoms with E-state index >= 15 is 0 Å². The van der Waals surface area contributed by atoms with Gasteiger partial charge < -0.3 is 15.6 Å². The standard InChI is InChI=1S/C17H19NO3/c1-3-11(2)13-6-4-5-7-16(13)21-12-8-9-14(17(19)20)15(18)10-12/h4-11H,3,18H2,1-2H3,(H,19,20). The van der Waals surface area contributed by atoms with E-state index in [2.05, 4.69) is 13.8 Å². The molecule has 0 aliphatic carbocycles. The van der Waals surface area contributed by atoms with Gasteiger partial charge in [0.15, 0.2) is 0 Å². The monoisotopic (exact) mass is 285 g/mol. The molecule has 2 rings (SSSR count). The average molecular weight is 285 g/mol. The number of anilines is 1. The molecule has 0 saturated carbocycles. The minimum absolute atomic E-state index is 0.0811. The Labute approximate surface area is 124 Å². The lowest BCUT2D eigenvalue weighted by molar-refractivity contribution is 0.0698. The summed E-state index contributed by atoms with van der Waals surface area (Å²) in [4.78, 5) is 11.0. The van der Waals surface area contributed by atoms with Crippen LogP contribution in [0.4, 0.5) is 5.69 Å². The van der Waals surface area contributed by atoms with Crippen molar-refractivity contribution in [2.24, 2.45) is 0 Å². The van der Waals surface area contributed by atoms with Crippen molar-refractivity contribution in [1.82, 2.24) is 0 Å². The maximum absolute atomic E-state index is 11.0. The Kier molecular flexibility index (Phi) is 4.48. The van der Waals surface area contributed by atoms with Gasteiger partial charge in [-0.15, -0.1) is 0 Å². The summed E-state index contributed by atoms with van der Waals surface area (Å²) in [6, 6.07) is 12.5. The highest BCUT2D eigenvalue weighted by atomic mass is 16.5. The molecule has 0 aromatic heterocycles. The molecule has 0 heterocycles. The second-order valence-electron chi connectivity index (χ2n) is 5.00. The summed E-state index contributed by atoms with van der Waals surface area (Å²) in [5.41, 5.74) is 7.14. The first-order valence-corrected chi connectivity index (χ1v) is 6.92. The molecule has 4 nitrogen and oxygen atoms in total. The zero-order valence-corrected chi connectivity index (χ0v) is 12.2. The van der Waals surface area contributed by atoms with Crippen LogP contribution < -0.4 is 10.5 Å². The molecule has 0 fully saturated rings. The molecular weight excluding hydrogens is 266 g/mol. The fourth-order valence-electron chi connectivity index (χ4n) is 2.13. The second-order valence-corrected chi connectivity index (χ2v) is 5.00. The van der Waals surface area contributed by atoms with Crippen molar-refractivity contribution in [3.8, 4) is 11.5 Å². The summed E-state index contributed by atoms with van der Waals surface area (Å²) in [5, 5.41) is 8.97. The Hall–Kier alpha value is -2.49. The highest BCUT2D eigenvalue weighted by molar-refractivity contribution is 5.93. The van der Waals surface area contributed by atoms with Crippen LogP contribution in [0.25, 0.3) is 0 Å². The van der Waals surface area contributed by atoms with E-state index in [0.717, 1.165) is 17.7 Å². The third kappa shape index (κ3) is 3.34. The minimum Gasteiger partial charge on any atom is -0.478 e. The number of hydrogen-bond donors (Lipinski definition) is 2. The molecular formula is C17H19NO3. The van der Waals surface area contributed by atoms with Gasteiger partial charge in [-0.2, -0.15) is 0 Å². The third-order valence-corrected chi connectivity index (χ3v) is 3.54. The Morgan fingerprint density at radius 3 is 2.62 bits per heavy atom. The second kappa shape index (κ2) is 6.31. The number of rotatable bonds is 5. The number of carbonyl (C=O) groups is 1. The number of hydrogen-bond acceptors (Lipinski definition) is 3. The van der Waals surface area contributed by atoms with Gasteiger partial charge in [0.05, 0.1) is 5.56 Å². The van der Waals surface area contributed by atoms with Gasteiger partial charge in [-0.3, -0.25) is 0 Å². The topological polar surface area (TPSA) is 72.5 Å². The van der Waals surface area contributed by atoms with Gasteiger partial charge >= 0.3 is 5.97 Å². The zero-order valence-electron chi connectivity index (χ0n) is 12.2. The van der Waals surface area contributed by atoms with E-state index in [9.17, 15) is 4.79 Å². The van der Waals surface area contributed by atoms with Gasteiger partial charge in [-0.25, -0.2) is 4.79 Å². The molecule has 4 heteroatoms. The molecule has 1 unspecified atom stereocenters. The summed E-state index contributed by atoms with van der Waals surface area (Å²) in [6.45, 7) is 4.27. The lowest BCUT2D eigenvalue weighted by atomic mass is 9.98. The quantitative estimate of drug-likeness (QED) is 0.804. The first-order chi connectivity index (χ1) is 10.0. The van der Waals surface area contributed by atoms with E-state index in [-0.39, 0.29) is 11.3 Å². The molecule has 0 saturated heterocycles. The molecule has 0 aliphatic heterocycles. The maximum Gasteiger partial charge on any atom is 0.337 e. The fraction of sp³-hybridized carbons (Fsp3) is 0.235. The summed E-state index contributed by atoms with van der Waals surface area (Å²) in [5.74, 6) is 0.651. The fourth-order valence-corrected chi connectivity index (χ4v) is 2.13. The molecule has 0 amide bonds. The average Bonchev–Trinajstić information content (AvgIpc) is 2.46. The normalized spacial score (nSPS) is 11.9. The predicted octanol–water partition coefficient (Wildman–Crippen LogP) is 4.27. The third-order valence-electron chi connectivity index (χ3n) is 3.54. The van der Waals surface area contributed by atoms with Crippen LogP contribution in [0.1, 0.15) is 42.1 Å². The number of para-hydroxylation sites is 1. The number of aromatic carboxylic acids is 1. The molecule has 0 radical (unpaired) electrons. The number of ether oxygens (including phenoxy) is 1. The van der Waals surface area contributed by atoms with Crippen LogP contribution in [-0.4, -0.2) is 11.1 Å². The van der Waals surface area contributed by atoms with E-state index in [4.69, 9.17) is 15.6 Å². The lowest BCUT2D eigenvalue weighted by Crippen LogP contribution is -2.02. The number of carboxylic acids is 1. The predicted molar refractivity (Wildman–Crippen MR) is 83.0 cm³/mol. The van der Waals surface area contributed by atoms with Crippen LogP contribution in [-0.2, 0) is 0 Å². The Balaban J connectivity index is 2.31. The molecule has 0 spiro atoms. The minimum atomic E-state index is -1.04. The smallest absolute Gasteiger partial charge is 0.337 e. The molecule has 2 aromatic rings. The first-order valence-electron chi connectivity index (χ1n) is 6.92. The summed E-state index contributed by atoms with van der Waals surface area (Å²) in [7, 11) is 0. The van der Waals surface area contributed by atoms with E-state index < -0.39 is 5.97 Å². The van der Waals surface area contributed by atoms with Crippen LogP contribution in [0.5, 0.6) is 11.5 Å². The number of carboxylic acid groups (broad SMARTS) is 1. The number of nitrogen functional groups attached to an aromatic ring is 1. The van der Waals surface area contributed by atoms with Crippen molar-refractivity contribution in [1.29, 1.82) is 0 Å².